The lowest BCUT2D eigenvalue weighted by molar-refractivity contribution is -0.122. The molecule has 0 spiro atoms. The number of rotatable bonds is 5. The fourth-order valence-corrected chi connectivity index (χ4v) is 3.91. The van der Waals surface area contributed by atoms with E-state index in [0.717, 1.165) is 25.1 Å². The van der Waals surface area contributed by atoms with Crippen LogP contribution in [0.15, 0.2) is 30.5 Å². The van der Waals surface area contributed by atoms with E-state index >= 15 is 0 Å². The Balaban J connectivity index is 1.24. The molecule has 3 heterocycles. The Hall–Kier alpha value is -1.85. The molecule has 24 heavy (non-hydrogen) atoms. The number of nitrogens with one attached hydrogen (secondary N) is 2. The van der Waals surface area contributed by atoms with Crippen molar-refractivity contribution in [3.05, 3.63) is 36.0 Å². The third-order valence-corrected chi connectivity index (χ3v) is 5.28. The average molecular weight is 327 g/mol. The largest absolute Gasteiger partial charge is 0.373 e. The monoisotopic (exact) mass is 327 g/mol. The van der Waals surface area contributed by atoms with Crippen LogP contribution in [0.4, 0.5) is 0 Å². The molecule has 5 nitrogen and oxygen atoms in total. The molecule has 2 saturated heterocycles. The molecule has 2 fully saturated rings. The van der Waals surface area contributed by atoms with E-state index in [9.17, 15) is 4.79 Å². The number of morpholine rings is 1. The van der Waals surface area contributed by atoms with Crippen LogP contribution in [0, 0.1) is 0 Å². The van der Waals surface area contributed by atoms with E-state index in [1.807, 2.05) is 18.3 Å². The minimum absolute atomic E-state index is 0.104. The number of carbonyl (C=O) groups excluding carboxylic acids is 1. The Labute approximate surface area is 142 Å². The highest BCUT2D eigenvalue weighted by molar-refractivity contribution is 5.84. The summed E-state index contributed by atoms with van der Waals surface area (Å²) in [5.74, 6) is 0.104. The summed E-state index contributed by atoms with van der Waals surface area (Å²) in [7, 11) is 0. The fourth-order valence-electron chi connectivity index (χ4n) is 3.91. The Morgan fingerprint density at radius 2 is 2.29 bits per heavy atom. The molecule has 0 unspecified atom stereocenters. The van der Waals surface area contributed by atoms with Gasteiger partial charge in [-0.2, -0.15) is 0 Å². The maximum absolute atomic E-state index is 12.2. The van der Waals surface area contributed by atoms with Gasteiger partial charge in [-0.15, -0.1) is 0 Å². The molecule has 4 rings (SSSR count). The molecule has 1 aromatic carbocycles. The standard InChI is InChI=1S/C19H25N3O2/c23-19(8-7-14-10-20-18-6-2-1-5-17(14)18)21-11-16-12-22-9-3-4-15(22)13-24-16/h1-2,5-6,10,15-16,20H,3-4,7-9,11-13H2,(H,21,23)/t15-,16+/m0/s1. The minimum atomic E-state index is 0.104. The van der Waals surface area contributed by atoms with Crippen LogP contribution in [-0.4, -0.2) is 54.2 Å². The van der Waals surface area contributed by atoms with Crippen molar-refractivity contribution >= 4 is 16.8 Å². The minimum Gasteiger partial charge on any atom is -0.373 e. The molecule has 2 aliphatic rings. The highest BCUT2D eigenvalue weighted by Gasteiger charge is 2.32. The van der Waals surface area contributed by atoms with Crippen LogP contribution in [0.5, 0.6) is 0 Å². The summed E-state index contributed by atoms with van der Waals surface area (Å²) in [4.78, 5) is 17.9. The summed E-state index contributed by atoms with van der Waals surface area (Å²) >= 11 is 0. The molecular weight excluding hydrogens is 302 g/mol. The zero-order valence-electron chi connectivity index (χ0n) is 14.0. The molecule has 128 valence electrons. The molecule has 1 amide bonds. The van der Waals surface area contributed by atoms with Crippen molar-refractivity contribution < 1.29 is 9.53 Å². The van der Waals surface area contributed by atoms with Crippen molar-refractivity contribution in [3.63, 3.8) is 0 Å². The summed E-state index contributed by atoms with van der Waals surface area (Å²) in [6, 6.07) is 8.82. The maximum atomic E-state index is 12.2. The number of H-pyrrole nitrogens is 1. The van der Waals surface area contributed by atoms with Gasteiger partial charge in [0.2, 0.25) is 5.91 Å². The van der Waals surface area contributed by atoms with Crippen molar-refractivity contribution in [2.75, 3.05) is 26.2 Å². The summed E-state index contributed by atoms with van der Waals surface area (Å²) in [6.07, 6.45) is 5.95. The highest BCUT2D eigenvalue weighted by Crippen LogP contribution is 2.22. The lowest BCUT2D eigenvalue weighted by Crippen LogP contribution is -2.50. The van der Waals surface area contributed by atoms with Gasteiger partial charge in [0.1, 0.15) is 0 Å². The molecule has 0 saturated carbocycles. The van der Waals surface area contributed by atoms with Crippen LogP contribution in [0.1, 0.15) is 24.8 Å². The first-order valence-electron chi connectivity index (χ1n) is 8.97. The van der Waals surface area contributed by atoms with Gasteiger partial charge in [-0.25, -0.2) is 0 Å². The van der Waals surface area contributed by atoms with Crippen LogP contribution in [0.3, 0.4) is 0 Å². The van der Waals surface area contributed by atoms with Gasteiger partial charge >= 0.3 is 0 Å². The molecule has 5 heteroatoms. The Bertz CT molecular complexity index is 711. The zero-order valence-corrected chi connectivity index (χ0v) is 14.0. The van der Waals surface area contributed by atoms with Crippen LogP contribution in [0.25, 0.3) is 10.9 Å². The number of fused-ring (bicyclic) bond motifs is 2. The van der Waals surface area contributed by atoms with E-state index in [4.69, 9.17) is 4.74 Å². The van der Waals surface area contributed by atoms with E-state index < -0.39 is 0 Å². The second kappa shape index (κ2) is 6.95. The second-order valence-electron chi connectivity index (χ2n) is 6.91. The second-order valence-corrected chi connectivity index (χ2v) is 6.91. The van der Waals surface area contributed by atoms with Gasteiger partial charge in [0.15, 0.2) is 0 Å². The molecule has 2 N–H and O–H groups in total. The number of hydrogen-bond acceptors (Lipinski definition) is 3. The lowest BCUT2D eigenvalue weighted by atomic mass is 10.1. The molecule has 2 atom stereocenters. The predicted octanol–water partition coefficient (Wildman–Crippen LogP) is 2.08. The number of aromatic nitrogens is 1. The number of nitrogens with zero attached hydrogens (tertiary/aromatic N) is 1. The van der Waals surface area contributed by atoms with Gasteiger partial charge in [-0.3, -0.25) is 9.69 Å². The SMILES string of the molecule is O=C(CCc1c[nH]c2ccccc12)NC[C@@H]1CN2CCC[C@H]2CO1. The molecule has 2 aromatic rings. The predicted molar refractivity (Wildman–Crippen MR) is 94.0 cm³/mol. The number of carbonyl (C=O) groups is 1. The summed E-state index contributed by atoms with van der Waals surface area (Å²) in [5.41, 5.74) is 2.33. The van der Waals surface area contributed by atoms with Crippen LogP contribution < -0.4 is 5.32 Å². The number of benzene rings is 1. The number of para-hydroxylation sites is 1. The molecule has 0 radical (unpaired) electrons. The number of ether oxygens (including phenoxy) is 1. The smallest absolute Gasteiger partial charge is 0.220 e. The van der Waals surface area contributed by atoms with Gasteiger partial charge in [-0.1, -0.05) is 18.2 Å². The van der Waals surface area contributed by atoms with Gasteiger partial charge in [0.25, 0.3) is 0 Å². The Kier molecular flexibility index (Phi) is 4.54. The van der Waals surface area contributed by atoms with Gasteiger partial charge < -0.3 is 15.0 Å². The van der Waals surface area contributed by atoms with Gasteiger partial charge in [0, 0.05) is 42.7 Å². The molecular formula is C19H25N3O2. The zero-order chi connectivity index (χ0) is 16.4. The van der Waals surface area contributed by atoms with E-state index in [-0.39, 0.29) is 12.0 Å². The third-order valence-electron chi connectivity index (χ3n) is 5.28. The van der Waals surface area contributed by atoms with E-state index in [1.54, 1.807) is 0 Å². The Morgan fingerprint density at radius 1 is 1.38 bits per heavy atom. The van der Waals surface area contributed by atoms with Crippen molar-refractivity contribution in [3.8, 4) is 0 Å². The molecule has 1 aromatic heterocycles. The van der Waals surface area contributed by atoms with Gasteiger partial charge in [-0.05, 0) is 37.4 Å². The first kappa shape index (κ1) is 15.7. The van der Waals surface area contributed by atoms with Crippen LogP contribution in [0.2, 0.25) is 0 Å². The average Bonchev–Trinajstić information content (AvgIpc) is 3.24. The summed E-state index contributed by atoms with van der Waals surface area (Å²) in [5, 5.41) is 4.25. The fraction of sp³-hybridized carbons (Fsp3) is 0.526. The molecule has 0 bridgehead atoms. The first-order valence-corrected chi connectivity index (χ1v) is 8.97. The topological polar surface area (TPSA) is 57.4 Å². The van der Waals surface area contributed by atoms with Crippen molar-refractivity contribution in [1.29, 1.82) is 0 Å². The quantitative estimate of drug-likeness (QED) is 0.884. The maximum Gasteiger partial charge on any atom is 0.220 e. The lowest BCUT2D eigenvalue weighted by Gasteiger charge is -2.35. The van der Waals surface area contributed by atoms with E-state index in [0.29, 0.717) is 19.0 Å². The van der Waals surface area contributed by atoms with Crippen molar-refractivity contribution in [2.45, 2.75) is 37.8 Å². The van der Waals surface area contributed by atoms with E-state index in [2.05, 4.69) is 27.3 Å². The van der Waals surface area contributed by atoms with Crippen LogP contribution >= 0.6 is 0 Å². The number of amides is 1. The molecule has 0 aliphatic carbocycles. The normalized spacial score (nSPS) is 24.2. The number of hydrogen-bond donors (Lipinski definition) is 2. The number of aryl methyl sites for hydroxylation is 1. The summed E-state index contributed by atoms with van der Waals surface area (Å²) < 4.78 is 5.89. The van der Waals surface area contributed by atoms with Crippen molar-refractivity contribution in [2.24, 2.45) is 0 Å². The third kappa shape index (κ3) is 3.32. The molecule has 2 aliphatic heterocycles. The van der Waals surface area contributed by atoms with Crippen molar-refractivity contribution in [1.82, 2.24) is 15.2 Å². The van der Waals surface area contributed by atoms with E-state index in [1.165, 1.54) is 30.3 Å². The first-order chi connectivity index (χ1) is 11.8. The Morgan fingerprint density at radius 3 is 3.25 bits per heavy atom. The van der Waals surface area contributed by atoms with Gasteiger partial charge in [0.05, 0.1) is 12.7 Å². The number of aromatic amines is 1. The highest BCUT2D eigenvalue weighted by atomic mass is 16.5. The van der Waals surface area contributed by atoms with Crippen LogP contribution in [-0.2, 0) is 16.0 Å². The summed E-state index contributed by atoms with van der Waals surface area (Å²) in [6.45, 7) is 3.57.